The van der Waals surface area contributed by atoms with E-state index in [1.165, 1.54) is 4.90 Å². The smallest absolute Gasteiger partial charge is 0.300 e. The molecule has 1 amide bonds. The number of Topliss-reactive ketones (excluding diaryl/α,β-unsaturated/α-hetero) is 1. The average molecular weight is 474 g/mol. The van der Waals surface area contributed by atoms with Crippen LogP contribution in [0.3, 0.4) is 0 Å². The van der Waals surface area contributed by atoms with Gasteiger partial charge in [0.25, 0.3) is 11.7 Å². The molecule has 6 heteroatoms. The van der Waals surface area contributed by atoms with Crippen LogP contribution in [-0.2, 0) is 9.59 Å². The Balaban J connectivity index is 1.77. The van der Waals surface area contributed by atoms with Crippen molar-refractivity contribution in [3.63, 3.8) is 0 Å². The highest BCUT2D eigenvalue weighted by molar-refractivity contribution is 6.51. The average Bonchev–Trinajstić information content (AvgIpc) is 3.39. The number of aliphatic hydroxyl groups excluding tert-OH is 1. The van der Waals surface area contributed by atoms with Gasteiger partial charge in [0.15, 0.2) is 0 Å². The molecule has 0 bridgehead atoms. The fraction of sp³-hybridized carbons (Fsp3) is 0.310. The molecule has 1 aliphatic rings. The number of anilines is 1. The number of amides is 1. The molecule has 1 fully saturated rings. The van der Waals surface area contributed by atoms with E-state index in [-0.39, 0.29) is 11.3 Å². The van der Waals surface area contributed by atoms with Gasteiger partial charge in [-0.25, -0.2) is 0 Å². The minimum atomic E-state index is -0.880. The number of unbranched alkanes of at least 4 members (excludes halogenated alkanes) is 2. The van der Waals surface area contributed by atoms with Gasteiger partial charge in [-0.2, -0.15) is 0 Å². The van der Waals surface area contributed by atoms with Gasteiger partial charge in [-0.05, 0) is 80.8 Å². The molecule has 2 aromatic carbocycles. The Hall–Kier alpha value is -3.80. The fourth-order valence-electron chi connectivity index (χ4n) is 4.35. The molecule has 0 radical (unpaired) electrons. The molecule has 0 saturated carbocycles. The van der Waals surface area contributed by atoms with Crippen LogP contribution in [0.4, 0.5) is 5.69 Å². The Kier molecular flexibility index (Phi) is 7.10. The number of carbonyl (C=O) groups is 2. The van der Waals surface area contributed by atoms with Crippen LogP contribution in [0.5, 0.6) is 5.75 Å². The van der Waals surface area contributed by atoms with Crippen molar-refractivity contribution >= 4 is 23.1 Å². The van der Waals surface area contributed by atoms with Crippen LogP contribution < -0.4 is 9.64 Å². The Bertz CT molecular complexity index is 1270. The quantitative estimate of drug-likeness (QED) is 0.177. The van der Waals surface area contributed by atoms with E-state index in [4.69, 9.17) is 9.15 Å². The summed E-state index contributed by atoms with van der Waals surface area (Å²) < 4.78 is 11.6. The number of aryl methyl sites for hydroxylation is 2. The third-order valence-corrected chi connectivity index (χ3v) is 6.46. The van der Waals surface area contributed by atoms with Crippen molar-refractivity contribution in [3.8, 4) is 5.75 Å². The van der Waals surface area contributed by atoms with Gasteiger partial charge in [-0.1, -0.05) is 31.9 Å². The summed E-state index contributed by atoms with van der Waals surface area (Å²) in [6.45, 7) is 8.42. The molecule has 1 aliphatic heterocycles. The summed E-state index contributed by atoms with van der Waals surface area (Å²) >= 11 is 0. The van der Waals surface area contributed by atoms with Gasteiger partial charge >= 0.3 is 0 Å². The molecule has 3 aromatic rings. The van der Waals surface area contributed by atoms with Gasteiger partial charge in [-0.3, -0.25) is 14.5 Å². The van der Waals surface area contributed by atoms with Crippen LogP contribution in [0.1, 0.15) is 60.4 Å². The van der Waals surface area contributed by atoms with Crippen LogP contribution in [-0.4, -0.2) is 23.4 Å². The molecule has 4 rings (SSSR count). The van der Waals surface area contributed by atoms with E-state index in [1.807, 2.05) is 26.0 Å². The molecule has 2 heterocycles. The van der Waals surface area contributed by atoms with Gasteiger partial charge in [0.2, 0.25) is 0 Å². The van der Waals surface area contributed by atoms with E-state index in [2.05, 4.69) is 6.92 Å². The number of benzene rings is 2. The van der Waals surface area contributed by atoms with Crippen molar-refractivity contribution in [2.75, 3.05) is 11.5 Å². The Morgan fingerprint density at radius 2 is 1.74 bits per heavy atom. The molecule has 0 spiro atoms. The number of carbonyl (C=O) groups excluding carboxylic acids is 2. The molecule has 1 unspecified atom stereocenters. The molecule has 1 atom stereocenters. The van der Waals surface area contributed by atoms with Crippen LogP contribution in [0.2, 0.25) is 0 Å². The summed E-state index contributed by atoms with van der Waals surface area (Å²) in [6, 6.07) is 15.2. The minimum absolute atomic E-state index is 0.00173. The molecule has 0 aliphatic carbocycles. The lowest BCUT2D eigenvalue weighted by Gasteiger charge is -2.25. The highest BCUT2D eigenvalue weighted by Crippen LogP contribution is 2.44. The van der Waals surface area contributed by atoms with Gasteiger partial charge in [0, 0.05) is 11.3 Å². The Morgan fingerprint density at radius 3 is 2.40 bits per heavy atom. The molecule has 6 nitrogen and oxygen atoms in total. The highest BCUT2D eigenvalue weighted by Gasteiger charge is 2.48. The molecule has 182 valence electrons. The number of hydrogen-bond acceptors (Lipinski definition) is 5. The number of ether oxygens (including phenoxy) is 1. The summed E-state index contributed by atoms with van der Waals surface area (Å²) in [4.78, 5) is 28.0. The molecule has 1 saturated heterocycles. The SMILES string of the molecule is CCCCCOc1ccc(/C(O)=C2/C(=O)C(=O)N(c3cccc(C)c3C)C2c2ccc(C)o2)cc1. The number of aliphatic hydroxyl groups is 1. The summed E-state index contributed by atoms with van der Waals surface area (Å²) in [5.41, 5.74) is 2.92. The Labute approximate surface area is 205 Å². The molecule has 35 heavy (non-hydrogen) atoms. The molecule has 1 N–H and O–H groups in total. The number of rotatable bonds is 8. The van der Waals surface area contributed by atoms with Crippen LogP contribution in [0, 0.1) is 20.8 Å². The summed E-state index contributed by atoms with van der Waals surface area (Å²) in [5, 5.41) is 11.3. The zero-order valence-corrected chi connectivity index (χ0v) is 20.6. The first-order valence-electron chi connectivity index (χ1n) is 12.0. The van der Waals surface area contributed by atoms with E-state index in [1.54, 1.807) is 49.4 Å². The van der Waals surface area contributed by atoms with E-state index >= 15 is 0 Å². The predicted molar refractivity (Wildman–Crippen MR) is 136 cm³/mol. The monoisotopic (exact) mass is 473 g/mol. The molecular formula is C29H31NO5. The maximum atomic E-state index is 13.3. The molecular weight excluding hydrogens is 442 g/mol. The second-order valence-electron chi connectivity index (χ2n) is 8.92. The lowest BCUT2D eigenvalue weighted by atomic mass is 9.98. The third kappa shape index (κ3) is 4.74. The standard InChI is InChI=1S/C29H31NO5/c1-5-6-7-17-34-22-14-12-21(13-15-22)27(31)25-26(24-16-11-19(3)35-24)30(29(33)28(25)32)23-10-8-9-18(2)20(23)4/h8-16,26,31H,5-7,17H2,1-4H3/b27-25-. The van der Waals surface area contributed by atoms with Crippen molar-refractivity contribution in [1.29, 1.82) is 0 Å². The van der Waals surface area contributed by atoms with Crippen LogP contribution in [0.15, 0.2) is 64.6 Å². The fourth-order valence-corrected chi connectivity index (χ4v) is 4.35. The zero-order chi connectivity index (χ0) is 25.1. The van der Waals surface area contributed by atoms with E-state index in [9.17, 15) is 14.7 Å². The van der Waals surface area contributed by atoms with Crippen molar-refractivity contribution in [2.45, 2.75) is 53.0 Å². The zero-order valence-electron chi connectivity index (χ0n) is 20.6. The third-order valence-electron chi connectivity index (χ3n) is 6.46. The first-order chi connectivity index (χ1) is 16.8. The van der Waals surface area contributed by atoms with Crippen molar-refractivity contribution < 1.29 is 23.8 Å². The largest absolute Gasteiger partial charge is 0.507 e. The van der Waals surface area contributed by atoms with E-state index in [0.29, 0.717) is 35.1 Å². The normalized spacial score (nSPS) is 17.3. The molecule has 1 aromatic heterocycles. The predicted octanol–water partition coefficient (Wildman–Crippen LogP) is 6.40. The lowest BCUT2D eigenvalue weighted by Crippen LogP contribution is -2.30. The van der Waals surface area contributed by atoms with Gasteiger partial charge in [0.1, 0.15) is 29.1 Å². The van der Waals surface area contributed by atoms with Crippen molar-refractivity contribution in [2.24, 2.45) is 0 Å². The van der Waals surface area contributed by atoms with Crippen LogP contribution in [0.25, 0.3) is 5.76 Å². The number of ketones is 1. The van der Waals surface area contributed by atoms with Gasteiger partial charge in [-0.15, -0.1) is 0 Å². The van der Waals surface area contributed by atoms with Crippen LogP contribution >= 0.6 is 0 Å². The minimum Gasteiger partial charge on any atom is -0.507 e. The summed E-state index contributed by atoms with van der Waals surface area (Å²) in [5.74, 6) is 0.0631. The second kappa shape index (κ2) is 10.2. The lowest BCUT2D eigenvalue weighted by molar-refractivity contribution is -0.132. The van der Waals surface area contributed by atoms with E-state index < -0.39 is 17.7 Å². The van der Waals surface area contributed by atoms with E-state index in [0.717, 1.165) is 30.4 Å². The van der Waals surface area contributed by atoms with Crippen molar-refractivity contribution in [3.05, 3.63) is 88.4 Å². The van der Waals surface area contributed by atoms with Gasteiger partial charge in [0.05, 0.1) is 12.2 Å². The maximum Gasteiger partial charge on any atom is 0.300 e. The number of hydrogen-bond donors (Lipinski definition) is 1. The second-order valence-corrected chi connectivity index (χ2v) is 8.92. The topological polar surface area (TPSA) is 80.0 Å². The maximum absolute atomic E-state index is 13.3. The Morgan fingerprint density at radius 1 is 1.00 bits per heavy atom. The first kappa shape index (κ1) is 24.3. The summed E-state index contributed by atoms with van der Waals surface area (Å²) in [7, 11) is 0. The van der Waals surface area contributed by atoms with Crippen molar-refractivity contribution in [1.82, 2.24) is 0 Å². The van der Waals surface area contributed by atoms with Gasteiger partial charge < -0.3 is 14.3 Å². The number of nitrogens with zero attached hydrogens (tertiary/aromatic N) is 1. The summed E-state index contributed by atoms with van der Waals surface area (Å²) in [6.07, 6.45) is 3.19. The highest BCUT2D eigenvalue weighted by atomic mass is 16.5. The number of furan rings is 1. The first-order valence-corrected chi connectivity index (χ1v) is 12.0.